The molecule has 0 aliphatic rings. The number of pyridine rings is 2. The minimum atomic E-state index is -0.365. The molecule has 0 aromatic carbocycles. The summed E-state index contributed by atoms with van der Waals surface area (Å²) in [5, 5.41) is 6.24. The summed E-state index contributed by atoms with van der Waals surface area (Å²) >= 11 is 0. The van der Waals surface area contributed by atoms with Crippen LogP contribution in [-0.4, -0.2) is 25.4 Å². The van der Waals surface area contributed by atoms with Gasteiger partial charge in [-0.15, -0.1) is 0 Å². The van der Waals surface area contributed by atoms with E-state index in [0.717, 1.165) is 11.3 Å². The molecule has 4 rings (SSSR count). The lowest BCUT2D eigenvalue weighted by Crippen LogP contribution is -2.12. The first-order chi connectivity index (χ1) is 11.7. The maximum Gasteiger partial charge on any atom is 0.277 e. The number of aromatic nitrogens is 4. The molecule has 0 radical (unpaired) electrons. The third kappa shape index (κ3) is 2.56. The Morgan fingerprint density at radius 3 is 2.83 bits per heavy atom. The first-order valence-corrected chi connectivity index (χ1v) is 7.12. The second kappa shape index (κ2) is 5.51. The van der Waals surface area contributed by atoms with Gasteiger partial charge in [-0.3, -0.25) is 4.79 Å². The third-order valence-electron chi connectivity index (χ3n) is 3.43. The predicted octanol–water partition coefficient (Wildman–Crippen LogP) is 2.22. The fraction of sp³-hybridized carbons (Fsp3) is 0. The molecule has 0 atom stereocenters. The normalized spacial score (nSPS) is 10.8. The third-order valence-corrected chi connectivity index (χ3v) is 3.43. The van der Waals surface area contributed by atoms with Gasteiger partial charge >= 0.3 is 0 Å². The number of hydrogen-bond donors (Lipinski definition) is 2. The lowest BCUT2D eigenvalue weighted by molar-refractivity contribution is 0.102. The van der Waals surface area contributed by atoms with E-state index in [0.29, 0.717) is 17.3 Å². The summed E-state index contributed by atoms with van der Waals surface area (Å²) in [5.74, 6) is 0.420. The zero-order chi connectivity index (χ0) is 16.5. The van der Waals surface area contributed by atoms with E-state index in [4.69, 9.17) is 5.73 Å². The Morgan fingerprint density at radius 2 is 2.04 bits per heavy atom. The SMILES string of the molecule is Nc1cccc(-c2ccc3nc(C(=O)Nc4ccon4)cn3c2)n1. The van der Waals surface area contributed by atoms with Crippen molar-refractivity contribution < 1.29 is 9.32 Å². The maximum absolute atomic E-state index is 12.2. The highest BCUT2D eigenvalue weighted by Crippen LogP contribution is 2.19. The van der Waals surface area contributed by atoms with Crippen molar-refractivity contribution in [2.24, 2.45) is 0 Å². The molecule has 0 bridgehead atoms. The molecular weight excluding hydrogens is 308 g/mol. The minimum Gasteiger partial charge on any atom is -0.384 e. The van der Waals surface area contributed by atoms with Crippen LogP contribution in [0.5, 0.6) is 0 Å². The average molecular weight is 320 g/mol. The van der Waals surface area contributed by atoms with Crippen LogP contribution in [0.4, 0.5) is 11.6 Å². The molecule has 4 heterocycles. The van der Waals surface area contributed by atoms with Crippen molar-refractivity contribution in [2.45, 2.75) is 0 Å². The number of imidazole rings is 1. The number of fused-ring (bicyclic) bond motifs is 1. The second-order valence-corrected chi connectivity index (χ2v) is 5.10. The topological polar surface area (TPSA) is 111 Å². The summed E-state index contributed by atoms with van der Waals surface area (Å²) in [5.41, 5.74) is 8.26. The van der Waals surface area contributed by atoms with Gasteiger partial charge in [0.1, 0.15) is 23.4 Å². The average Bonchev–Trinajstić information content (AvgIpc) is 3.23. The van der Waals surface area contributed by atoms with E-state index < -0.39 is 0 Å². The molecule has 118 valence electrons. The Hall–Kier alpha value is -3.68. The van der Waals surface area contributed by atoms with E-state index in [2.05, 4.69) is 25.0 Å². The molecule has 8 nitrogen and oxygen atoms in total. The lowest BCUT2D eigenvalue weighted by Gasteiger charge is -2.02. The molecule has 0 unspecified atom stereocenters. The number of anilines is 2. The molecule has 0 fully saturated rings. The Bertz CT molecular complexity index is 1020. The summed E-state index contributed by atoms with van der Waals surface area (Å²) in [7, 11) is 0. The molecule has 0 aliphatic heterocycles. The number of nitrogen functional groups attached to an aromatic ring is 1. The molecular formula is C16H12N6O2. The van der Waals surface area contributed by atoms with Crippen LogP contribution in [0.3, 0.4) is 0 Å². The van der Waals surface area contributed by atoms with Crippen LogP contribution in [0.15, 0.2) is 59.6 Å². The van der Waals surface area contributed by atoms with Crippen LogP contribution >= 0.6 is 0 Å². The Balaban J connectivity index is 1.67. The van der Waals surface area contributed by atoms with Gasteiger partial charge in [-0.05, 0) is 24.3 Å². The standard InChI is InChI=1S/C16H12N6O2/c17-13-3-1-2-11(18-13)10-4-5-15-19-12(9-22(15)8-10)16(23)20-14-6-7-24-21-14/h1-9H,(H2,17,18)(H,20,21,23). The molecule has 4 aromatic rings. The van der Waals surface area contributed by atoms with Gasteiger partial charge in [0.25, 0.3) is 5.91 Å². The van der Waals surface area contributed by atoms with E-state index in [1.165, 1.54) is 6.26 Å². The molecule has 0 spiro atoms. The fourth-order valence-corrected chi connectivity index (χ4v) is 2.32. The van der Waals surface area contributed by atoms with E-state index in [-0.39, 0.29) is 11.6 Å². The van der Waals surface area contributed by atoms with Gasteiger partial charge in [-0.25, -0.2) is 9.97 Å². The van der Waals surface area contributed by atoms with Crippen LogP contribution in [-0.2, 0) is 0 Å². The number of hydrogen-bond acceptors (Lipinski definition) is 6. The summed E-state index contributed by atoms with van der Waals surface area (Å²) in [6.45, 7) is 0. The first-order valence-electron chi connectivity index (χ1n) is 7.12. The molecule has 24 heavy (non-hydrogen) atoms. The van der Waals surface area contributed by atoms with Gasteiger partial charge in [0, 0.05) is 24.0 Å². The van der Waals surface area contributed by atoms with E-state index in [1.54, 1.807) is 22.7 Å². The van der Waals surface area contributed by atoms with Crippen molar-refractivity contribution in [1.82, 2.24) is 19.5 Å². The highest BCUT2D eigenvalue weighted by atomic mass is 16.5. The van der Waals surface area contributed by atoms with Gasteiger partial charge < -0.3 is 20.0 Å². The van der Waals surface area contributed by atoms with Crippen molar-refractivity contribution in [3.63, 3.8) is 0 Å². The predicted molar refractivity (Wildman–Crippen MR) is 87.3 cm³/mol. The highest BCUT2D eigenvalue weighted by molar-refractivity contribution is 6.02. The Labute approximate surface area is 135 Å². The number of nitrogens with one attached hydrogen (secondary N) is 1. The van der Waals surface area contributed by atoms with Crippen LogP contribution < -0.4 is 11.1 Å². The van der Waals surface area contributed by atoms with E-state index in [1.807, 2.05) is 30.5 Å². The molecule has 0 saturated heterocycles. The van der Waals surface area contributed by atoms with Crippen LogP contribution in [0.25, 0.3) is 16.9 Å². The minimum absolute atomic E-state index is 0.274. The number of nitrogens with two attached hydrogens (primary N) is 1. The largest absolute Gasteiger partial charge is 0.384 e. The molecule has 0 saturated carbocycles. The number of carbonyl (C=O) groups is 1. The number of carbonyl (C=O) groups excluding carboxylic acids is 1. The number of rotatable bonds is 3. The monoisotopic (exact) mass is 320 g/mol. The second-order valence-electron chi connectivity index (χ2n) is 5.10. The van der Waals surface area contributed by atoms with Crippen molar-refractivity contribution in [2.75, 3.05) is 11.1 Å². The summed E-state index contributed by atoms with van der Waals surface area (Å²) < 4.78 is 6.44. The summed E-state index contributed by atoms with van der Waals surface area (Å²) in [6, 6.07) is 10.7. The van der Waals surface area contributed by atoms with Gasteiger partial charge in [0.05, 0.1) is 5.69 Å². The smallest absolute Gasteiger partial charge is 0.277 e. The first kappa shape index (κ1) is 13.9. The quantitative estimate of drug-likeness (QED) is 0.598. The van der Waals surface area contributed by atoms with Crippen LogP contribution in [0, 0.1) is 0 Å². The van der Waals surface area contributed by atoms with Crippen molar-refractivity contribution in [3.8, 4) is 11.3 Å². The fourth-order valence-electron chi connectivity index (χ4n) is 2.32. The van der Waals surface area contributed by atoms with Crippen molar-refractivity contribution in [1.29, 1.82) is 0 Å². The lowest BCUT2D eigenvalue weighted by atomic mass is 10.2. The van der Waals surface area contributed by atoms with Gasteiger partial charge in [0.2, 0.25) is 0 Å². The zero-order valence-corrected chi connectivity index (χ0v) is 12.4. The summed E-state index contributed by atoms with van der Waals surface area (Å²) in [6.07, 6.45) is 4.86. The van der Waals surface area contributed by atoms with Gasteiger partial charge in [-0.1, -0.05) is 11.2 Å². The molecule has 0 aliphatic carbocycles. The molecule has 8 heteroatoms. The van der Waals surface area contributed by atoms with Gasteiger partial charge in [0.15, 0.2) is 5.82 Å². The number of nitrogens with zero attached hydrogens (tertiary/aromatic N) is 4. The molecule has 1 amide bonds. The van der Waals surface area contributed by atoms with Crippen LogP contribution in [0.2, 0.25) is 0 Å². The van der Waals surface area contributed by atoms with Crippen molar-refractivity contribution >= 4 is 23.2 Å². The molecule has 4 aromatic heterocycles. The Kier molecular flexibility index (Phi) is 3.20. The zero-order valence-electron chi connectivity index (χ0n) is 12.4. The van der Waals surface area contributed by atoms with Gasteiger partial charge in [-0.2, -0.15) is 0 Å². The number of amides is 1. The highest BCUT2D eigenvalue weighted by Gasteiger charge is 2.13. The van der Waals surface area contributed by atoms with Crippen LogP contribution in [0.1, 0.15) is 10.5 Å². The maximum atomic E-state index is 12.2. The van der Waals surface area contributed by atoms with E-state index >= 15 is 0 Å². The molecule has 3 N–H and O–H groups in total. The summed E-state index contributed by atoms with van der Waals surface area (Å²) in [4.78, 5) is 20.8. The Morgan fingerprint density at radius 1 is 1.12 bits per heavy atom. The van der Waals surface area contributed by atoms with E-state index in [9.17, 15) is 4.79 Å². The van der Waals surface area contributed by atoms with Crippen molar-refractivity contribution in [3.05, 3.63) is 60.7 Å².